The zero-order valence-electron chi connectivity index (χ0n) is 9.29. The van der Waals surface area contributed by atoms with Crippen molar-refractivity contribution >= 4 is 40.9 Å². The third-order valence-electron chi connectivity index (χ3n) is 2.24. The van der Waals surface area contributed by atoms with E-state index >= 15 is 0 Å². The van der Waals surface area contributed by atoms with Gasteiger partial charge in [-0.05, 0) is 54.1 Å². The van der Waals surface area contributed by atoms with Gasteiger partial charge in [-0.3, -0.25) is 4.79 Å². The second-order valence-electron chi connectivity index (χ2n) is 3.52. The first-order valence-electron chi connectivity index (χ1n) is 4.82. The summed E-state index contributed by atoms with van der Waals surface area (Å²) in [6, 6.07) is 5.71. The number of amides is 1. The van der Waals surface area contributed by atoms with E-state index in [4.69, 9.17) is 5.73 Å². The zero-order chi connectivity index (χ0) is 11.4. The minimum Gasteiger partial charge on any atom is -0.348 e. The van der Waals surface area contributed by atoms with E-state index in [1.54, 1.807) is 0 Å². The SMILES string of the molecule is Cc1c(I)cccc1C(=O)N[C@@H](C)CN.Cl. The van der Waals surface area contributed by atoms with Gasteiger partial charge >= 0.3 is 0 Å². The number of hydrogen-bond donors (Lipinski definition) is 2. The van der Waals surface area contributed by atoms with Crippen LogP contribution in [0.3, 0.4) is 0 Å². The van der Waals surface area contributed by atoms with Crippen LogP contribution in [0.2, 0.25) is 0 Å². The molecule has 1 aromatic rings. The Morgan fingerprint density at radius 1 is 1.56 bits per heavy atom. The Kier molecular flexibility index (Phi) is 6.94. The molecule has 0 heterocycles. The highest BCUT2D eigenvalue weighted by Gasteiger charge is 2.11. The molecular formula is C11H16ClIN2O. The van der Waals surface area contributed by atoms with Gasteiger partial charge < -0.3 is 11.1 Å². The van der Waals surface area contributed by atoms with Crippen molar-refractivity contribution in [3.8, 4) is 0 Å². The number of benzene rings is 1. The van der Waals surface area contributed by atoms with Gasteiger partial charge in [-0.15, -0.1) is 12.4 Å². The molecule has 1 atom stereocenters. The molecule has 0 saturated carbocycles. The van der Waals surface area contributed by atoms with E-state index < -0.39 is 0 Å². The first kappa shape index (κ1) is 15.7. The molecule has 16 heavy (non-hydrogen) atoms. The molecule has 0 aliphatic carbocycles. The molecule has 3 nitrogen and oxygen atoms in total. The van der Waals surface area contributed by atoms with Crippen molar-refractivity contribution in [1.82, 2.24) is 5.32 Å². The van der Waals surface area contributed by atoms with E-state index in [1.165, 1.54) is 0 Å². The summed E-state index contributed by atoms with van der Waals surface area (Å²) in [5, 5.41) is 2.85. The van der Waals surface area contributed by atoms with Gasteiger partial charge in [0, 0.05) is 21.7 Å². The molecular weight excluding hydrogens is 338 g/mol. The molecule has 1 rings (SSSR count). The fourth-order valence-electron chi connectivity index (χ4n) is 1.21. The van der Waals surface area contributed by atoms with Crippen LogP contribution in [0.15, 0.2) is 18.2 Å². The van der Waals surface area contributed by atoms with Crippen LogP contribution in [-0.4, -0.2) is 18.5 Å². The Bertz CT molecular complexity index is 371. The van der Waals surface area contributed by atoms with Crippen molar-refractivity contribution in [2.45, 2.75) is 19.9 Å². The average molecular weight is 355 g/mol. The van der Waals surface area contributed by atoms with Crippen molar-refractivity contribution in [2.24, 2.45) is 5.73 Å². The number of nitrogens with two attached hydrogens (primary N) is 1. The van der Waals surface area contributed by atoms with Gasteiger partial charge in [0.15, 0.2) is 0 Å². The molecule has 0 aliphatic heterocycles. The summed E-state index contributed by atoms with van der Waals surface area (Å²) in [6.07, 6.45) is 0. The van der Waals surface area contributed by atoms with Crippen LogP contribution in [0.5, 0.6) is 0 Å². The van der Waals surface area contributed by atoms with Crippen LogP contribution in [0.4, 0.5) is 0 Å². The lowest BCUT2D eigenvalue weighted by Gasteiger charge is -2.13. The minimum absolute atomic E-state index is 0. The van der Waals surface area contributed by atoms with E-state index in [2.05, 4.69) is 27.9 Å². The maximum absolute atomic E-state index is 11.8. The largest absolute Gasteiger partial charge is 0.348 e. The summed E-state index contributed by atoms with van der Waals surface area (Å²) in [4.78, 5) is 11.8. The third-order valence-corrected chi connectivity index (χ3v) is 3.41. The lowest BCUT2D eigenvalue weighted by molar-refractivity contribution is 0.0940. The van der Waals surface area contributed by atoms with Gasteiger partial charge in [0.25, 0.3) is 5.91 Å². The molecule has 90 valence electrons. The van der Waals surface area contributed by atoms with Crippen LogP contribution < -0.4 is 11.1 Å². The summed E-state index contributed by atoms with van der Waals surface area (Å²) in [5.41, 5.74) is 7.19. The average Bonchev–Trinajstić information content (AvgIpc) is 2.21. The van der Waals surface area contributed by atoms with E-state index in [0.29, 0.717) is 6.54 Å². The molecule has 0 saturated heterocycles. The molecule has 1 aromatic carbocycles. The number of carbonyl (C=O) groups is 1. The van der Waals surface area contributed by atoms with Gasteiger partial charge in [0.1, 0.15) is 0 Å². The lowest BCUT2D eigenvalue weighted by Crippen LogP contribution is -2.38. The normalized spacial score (nSPS) is 11.5. The Hall–Kier alpha value is -0.330. The minimum atomic E-state index is -0.0519. The highest BCUT2D eigenvalue weighted by molar-refractivity contribution is 14.1. The third kappa shape index (κ3) is 3.92. The summed E-state index contributed by atoms with van der Waals surface area (Å²) in [7, 11) is 0. The number of carbonyl (C=O) groups excluding carboxylic acids is 1. The summed E-state index contributed by atoms with van der Waals surface area (Å²) in [5.74, 6) is -0.0519. The second kappa shape index (κ2) is 7.09. The van der Waals surface area contributed by atoms with Crippen LogP contribution >= 0.6 is 35.0 Å². The predicted octanol–water partition coefficient (Wildman–Crippen LogP) is 2.10. The number of nitrogens with one attached hydrogen (secondary N) is 1. The molecule has 0 radical (unpaired) electrons. The quantitative estimate of drug-likeness (QED) is 0.817. The Morgan fingerprint density at radius 3 is 2.75 bits per heavy atom. The maximum Gasteiger partial charge on any atom is 0.251 e. The molecule has 0 bridgehead atoms. The van der Waals surface area contributed by atoms with E-state index in [-0.39, 0.29) is 24.4 Å². The van der Waals surface area contributed by atoms with Crippen molar-refractivity contribution < 1.29 is 4.79 Å². The summed E-state index contributed by atoms with van der Waals surface area (Å²) >= 11 is 2.22. The molecule has 0 aliphatic rings. The van der Waals surface area contributed by atoms with E-state index in [9.17, 15) is 4.79 Å². The topological polar surface area (TPSA) is 55.1 Å². The van der Waals surface area contributed by atoms with Crippen molar-refractivity contribution in [3.63, 3.8) is 0 Å². The molecule has 5 heteroatoms. The highest BCUT2D eigenvalue weighted by atomic mass is 127. The summed E-state index contributed by atoms with van der Waals surface area (Å²) in [6.45, 7) is 4.29. The van der Waals surface area contributed by atoms with Crippen LogP contribution in [0.25, 0.3) is 0 Å². The van der Waals surface area contributed by atoms with Gasteiger partial charge in [-0.25, -0.2) is 0 Å². The monoisotopic (exact) mass is 354 g/mol. The Labute approximate surface area is 116 Å². The molecule has 3 N–H and O–H groups in total. The molecule has 0 aromatic heterocycles. The second-order valence-corrected chi connectivity index (χ2v) is 4.68. The van der Waals surface area contributed by atoms with Gasteiger partial charge in [-0.1, -0.05) is 6.07 Å². The Balaban J connectivity index is 0.00000225. The first-order valence-corrected chi connectivity index (χ1v) is 5.90. The molecule has 0 fully saturated rings. The summed E-state index contributed by atoms with van der Waals surface area (Å²) < 4.78 is 1.10. The maximum atomic E-state index is 11.8. The van der Waals surface area contributed by atoms with Crippen molar-refractivity contribution in [1.29, 1.82) is 0 Å². The standard InChI is InChI=1S/C11H15IN2O.ClH/c1-7(6-13)14-11(15)9-4-3-5-10(12)8(9)2;/h3-5,7H,6,13H2,1-2H3,(H,14,15);1H/t7-;/m0./s1. The van der Waals surface area contributed by atoms with Crippen LogP contribution in [0, 0.1) is 10.5 Å². The zero-order valence-corrected chi connectivity index (χ0v) is 12.3. The highest BCUT2D eigenvalue weighted by Crippen LogP contribution is 2.15. The molecule has 0 spiro atoms. The van der Waals surface area contributed by atoms with Gasteiger partial charge in [0.2, 0.25) is 0 Å². The van der Waals surface area contributed by atoms with E-state index in [1.807, 2.05) is 32.0 Å². The van der Waals surface area contributed by atoms with Crippen molar-refractivity contribution in [3.05, 3.63) is 32.9 Å². The Morgan fingerprint density at radius 2 is 2.19 bits per heavy atom. The fraction of sp³-hybridized carbons (Fsp3) is 0.364. The lowest BCUT2D eigenvalue weighted by atomic mass is 10.1. The number of rotatable bonds is 3. The molecule has 0 unspecified atom stereocenters. The smallest absolute Gasteiger partial charge is 0.251 e. The van der Waals surface area contributed by atoms with Crippen molar-refractivity contribution in [2.75, 3.05) is 6.54 Å². The number of halogens is 2. The van der Waals surface area contributed by atoms with E-state index in [0.717, 1.165) is 14.7 Å². The predicted molar refractivity (Wildman–Crippen MR) is 77.1 cm³/mol. The van der Waals surface area contributed by atoms with Gasteiger partial charge in [0.05, 0.1) is 0 Å². The van der Waals surface area contributed by atoms with Gasteiger partial charge in [-0.2, -0.15) is 0 Å². The fourth-order valence-corrected chi connectivity index (χ4v) is 1.71. The molecule has 1 amide bonds. The first-order chi connectivity index (χ1) is 7.06. The van der Waals surface area contributed by atoms with Crippen LogP contribution in [-0.2, 0) is 0 Å². The number of hydrogen-bond acceptors (Lipinski definition) is 2. The van der Waals surface area contributed by atoms with Crippen LogP contribution in [0.1, 0.15) is 22.8 Å².